The standard InChI is InChI=1S/C22H29N3O2/c26-18-12-21(22(27)23-13-11-19-7-3-1-4-8-19)25-16-14-24(15-17-25)20-9-5-2-6-10-20/h1-10,21,26H,11-18H2,(H,23,27). The molecule has 2 aromatic carbocycles. The van der Waals surface area contributed by atoms with Gasteiger partial charge in [0.1, 0.15) is 0 Å². The predicted molar refractivity (Wildman–Crippen MR) is 109 cm³/mol. The number of nitrogens with zero attached hydrogens (tertiary/aromatic N) is 2. The minimum absolute atomic E-state index is 0.0214. The van der Waals surface area contributed by atoms with E-state index in [1.807, 2.05) is 24.3 Å². The van der Waals surface area contributed by atoms with Gasteiger partial charge in [0.2, 0.25) is 5.91 Å². The highest BCUT2D eigenvalue weighted by Crippen LogP contribution is 2.17. The quantitative estimate of drug-likeness (QED) is 0.749. The molecule has 2 N–H and O–H groups in total. The first kappa shape index (κ1) is 19.4. The molecule has 1 heterocycles. The highest BCUT2D eigenvalue weighted by molar-refractivity contribution is 5.81. The number of rotatable bonds is 8. The average molecular weight is 367 g/mol. The van der Waals surface area contributed by atoms with E-state index in [1.165, 1.54) is 11.3 Å². The van der Waals surface area contributed by atoms with E-state index in [0.717, 1.165) is 32.6 Å². The van der Waals surface area contributed by atoms with E-state index in [-0.39, 0.29) is 18.6 Å². The van der Waals surface area contributed by atoms with Crippen LogP contribution in [0, 0.1) is 0 Å². The fourth-order valence-corrected chi connectivity index (χ4v) is 3.62. The second-order valence-electron chi connectivity index (χ2n) is 6.91. The van der Waals surface area contributed by atoms with Gasteiger partial charge in [-0.25, -0.2) is 0 Å². The van der Waals surface area contributed by atoms with Gasteiger partial charge >= 0.3 is 0 Å². The molecule has 144 valence electrons. The number of nitrogens with one attached hydrogen (secondary N) is 1. The summed E-state index contributed by atoms with van der Waals surface area (Å²) < 4.78 is 0. The summed E-state index contributed by atoms with van der Waals surface area (Å²) in [5.41, 5.74) is 2.44. The lowest BCUT2D eigenvalue weighted by molar-refractivity contribution is -0.127. The van der Waals surface area contributed by atoms with Crippen molar-refractivity contribution in [1.82, 2.24) is 10.2 Å². The lowest BCUT2D eigenvalue weighted by Gasteiger charge is -2.39. The van der Waals surface area contributed by atoms with E-state index in [1.54, 1.807) is 0 Å². The number of carbonyl (C=O) groups excluding carboxylic acids is 1. The third-order valence-electron chi connectivity index (χ3n) is 5.14. The lowest BCUT2D eigenvalue weighted by atomic mass is 10.1. The summed E-state index contributed by atoms with van der Waals surface area (Å²) in [7, 11) is 0. The number of hydrogen-bond acceptors (Lipinski definition) is 4. The maximum Gasteiger partial charge on any atom is 0.237 e. The molecule has 1 unspecified atom stereocenters. The van der Waals surface area contributed by atoms with Gasteiger partial charge in [0, 0.05) is 45.0 Å². The van der Waals surface area contributed by atoms with Gasteiger partial charge in [-0.3, -0.25) is 9.69 Å². The van der Waals surface area contributed by atoms with Gasteiger partial charge in [0.05, 0.1) is 6.04 Å². The fraction of sp³-hybridized carbons (Fsp3) is 0.409. The second kappa shape index (κ2) is 10.1. The Bertz CT molecular complexity index is 685. The van der Waals surface area contributed by atoms with Gasteiger partial charge in [-0.15, -0.1) is 0 Å². The number of hydrogen-bond donors (Lipinski definition) is 2. The molecule has 0 aromatic heterocycles. The molecule has 3 rings (SSSR count). The van der Waals surface area contributed by atoms with Crippen LogP contribution in [0.3, 0.4) is 0 Å². The Kier molecular flexibility index (Phi) is 7.25. The molecule has 1 aliphatic heterocycles. The SMILES string of the molecule is O=C(NCCc1ccccc1)C(CCO)N1CCN(c2ccccc2)CC1. The van der Waals surface area contributed by atoms with Crippen LogP contribution in [0.5, 0.6) is 0 Å². The summed E-state index contributed by atoms with van der Waals surface area (Å²) in [6.07, 6.45) is 1.29. The highest BCUT2D eigenvalue weighted by Gasteiger charge is 2.28. The molecular formula is C22H29N3O2. The monoisotopic (exact) mass is 367 g/mol. The number of piperazine rings is 1. The normalized spacial score (nSPS) is 16.1. The summed E-state index contributed by atoms with van der Waals surface area (Å²) in [5, 5.41) is 12.5. The van der Waals surface area contributed by atoms with Gasteiger partial charge in [-0.05, 0) is 30.5 Å². The minimum atomic E-state index is -0.260. The number of carbonyl (C=O) groups is 1. The Hall–Kier alpha value is -2.37. The van der Waals surface area contributed by atoms with E-state index in [4.69, 9.17) is 0 Å². The van der Waals surface area contributed by atoms with Crippen LogP contribution >= 0.6 is 0 Å². The number of para-hydroxylation sites is 1. The van der Waals surface area contributed by atoms with Crippen LogP contribution in [0.4, 0.5) is 5.69 Å². The van der Waals surface area contributed by atoms with E-state index >= 15 is 0 Å². The summed E-state index contributed by atoms with van der Waals surface area (Å²) in [5.74, 6) is 0.0214. The smallest absolute Gasteiger partial charge is 0.237 e. The molecule has 5 nitrogen and oxygen atoms in total. The minimum Gasteiger partial charge on any atom is -0.396 e. The molecule has 1 atom stereocenters. The maximum atomic E-state index is 12.7. The van der Waals surface area contributed by atoms with E-state index in [9.17, 15) is 9.90 Å². The molecule has 2 aromatic rings. The van der Waals surface area contributed by atoms with E-state index in [2.05, 4.69) is 51.5 Å². The zero-order chi connectivity index (χ0) is 18.9. The Morgan fingerprint density at radius 1 is 0.963 bits per heavy atom. The first-order chi connectivity index (χ1) is 13.3. The highest BCUT2D eigenvalue weighted by atomic mass is 16.3. The van der Waals surface area contributed by atoms with Gasteiger partial charge in [0.25, 0.3) is 0 Å². The zero-order valence-electron chi connectivity index (χ0n) is 15.8. The van der Waals surface area contributed by atoms with Crippen LogP contribution in [0.2, 0.25) is 0 Å². The van der Waals surface area contributed by atoms with Gasteiger partial charge < -0.3 is 15.3 Å². The number of anilines is 1. The molecule has 1 aliphatic rings. The molecule has 1 saturated heterocycles. The van der Waals surface area contributed by atoms with Gasteiger partial charge in [-0.2, -0.15) is 0 Å². The zero-order valence-corrected chi connectivity index (χ0v) is 15.8. The Labute approximate surface area is 161 Å². The molecule has 0 aliphatic carbocycles. The van der Waals surface area contributed by atoms with Gasteiger partial charge in [0.15, 0.2) is 0 Å². The summed E-state index contributed by atoms with van der Waals surface area (Å²) >= 11 is 0. The Balaban J connectivity index is 1.50. The topological polar surface area (TPSA) is 55.8 Å². The molecule has 27 heavy (non-hydrogen) atoms. The van der Waals surface area contributed by atoms with E-state index < -0.39 is 0 Å². The summed E-state index contributed by atoms with van der Waals surface area (Å²) in [6, 6.07) is 20.3. The molecule has 0 bridgehead atoms. The van der Waals surface area contributed by atoms with Crippen LogP contribution in [0.1, 0.15) is 12.0 Å². The Morgan fingerprint density at radius 2 is 1.59 bits per heavy atom. The largest absolute Gasteiger partial charge is 0.396 e. The first-order valence-electron chi connectivity index (χ1n) is 9.74. The summed E-state index contributed by atoms with van der Waals surface area (Å²) in [4.78, 5) is 17.2. The van der Waals surface area contributed by atoms with Crippen LogP contribution < -0.4 is 10.2 Å². The molecular weight excluding hydrogens is 338 g/mol. The first-order valence-corrected chi connectivity index (χ1v) is 9.74. The molecule has 0 radical (unpaired) electrons. The molecule has 0 spiro atoms. The lowest BCUT2D eigenvalue weighted by Crippen LogP contribution is -2.55. The van der Waals surface area contributed by atoms with Crippen LogP contribution in [-0.2, 0) is 11.2 Å². The maximum absolute atomic E-state index is 12.7. The Morgan fingerprint density at radius 3 is 2.22 bits per heavy atom. The molecule has 1 amide bonds. The van der Waals surface area contributed by atoms with Crippen molar-refractivity contribution in [3.05, 3.63) is 66.2 Å². The molecule has 0 saturated carbocycles. The number of aliphatic hydroxyl groups is 1. The van der Waals surface area contributed by atoms with E-state index in [0.29, 0.717) is 13.0 Å². The predicted octanol–water partition coefficient (Wildman–Crippen LogP) is 1.92. The van der Waals surface area contributed by atoms with Crippen LogP contribution in [0.15, 0.2) is 60.7 Å². The van der Waals surface area contributed by atoms with Crippen molar-refractivity contribution in [2.24, 2.45) is 0 Å². The van der Waals surface area contributed by atoms with Crippen LogP contribution in [0.25, 0.3) is 0 Å². The molecule has 5 heteroatoms. The van der Waals surface area contributed by atoms with Crippen molar-refractivity contribution < 1.29 is 9.90 Å². The summed E-state index contributed by atoms with van der Waals surface area (Å²) in [6.45, 7) is 4.08. The van der Waals surface area contributed by atoms with Crippen molar-refractivity contribution in [3.8, 4) is 0 Å². The number of amides is 1. The second-order valence-corrected chi connectivity index (χ2v) is 6.91. The van der Waals surface area contributed by atoms with Crippen molar-refractivity contribution in [2.75, 3.05) is 44.2 Å². The van der Waals surface area contributed by atoms with Crippen molar-refractivity contribution in [3.63, 3.8) is 0 Å². The molecule has 1 fully saturated rings. The third kappa shape index (κ3) is 5.55. The van der Waals surface area contributed by atoms with Crippen molar-refractivity contribution >= 4 is 11.6 Å². The van der Waals surface area contributed by atoms with Crippen LogP contribution in [-0.4, -0.2) is 61.3 Å². The number of aliphatic hydroxyl groups excluding tert-OH is 1. The van der Waals surface area contributed by atoms with Crippen molar-refractivity contribution in [1.29, 1.82) is 0 Å². The fourth-order valence-electron chi connectivity index (χ4n) is 3.62. The van der Waals surface area contributed by atoms with Crippen molar-refractivity contribution in [2.45, 2.75) is 18.9 Å². The number of benzene rings is 2. The third-order valence-corrected chi connectivity index (χ3v) is 5.14. The van der Waals surface area contributed by atoms with Gasteiger partial charge in [-0.1, -0.05) is 48.5 Å². The average Bonchev–Trinajstić information content (AvgIpc) is 2.73.